The average Bonchev–Trinajstić information content (AvgIpc) is 2.45. The molecule has 0 atom stereocenters. The second-order valence-corrected chi connectivity index (χ2v) is 4.04. The van der Waals surface area contributed by atoms with Crippen molar-refractivity contribution in [2.45, 2.75) is 6.54 Å². The Balaban J connectivity index is 2.15. The normalized spacial score (nSPS) is 10.0. The molecule has 102 valence electrons. The highest BCUT2D eigenvalue weighted by Crippen LogP contribution is 2.16. The number of primary amides is 1. The predicted molar refractivity (Wildman–Crippen MR) is 73.2 cm³/mol. The quantitative estimate of drug-likeness (QED) is 0.635. The van der Waals surface area contributed by atoms with E-state index >= 15 is 0 Å². The van der Waals surface area contributed by atoms with Crippen molar-refractivity contribution in [1.82, 2.24) is 4.98 Å². The zero-order valence-electron chi connectivity index (χ0n) is 10.4. The number of nitro benzene ring substituents is 1. The Kier molecular flexibility index (Phi) is 3.90. The second kappa shape index (κ2) is 5.79. The minimum absolute atomic E-state index is 0.0143. The minimum atomic E-state index is -0.584. The van der Waals surface area contributed by atoms with Crippen molar-refractivity contribution < 1.29 is 9.72 Å². The molecule has 20 heavy (non-hydrogen) atoms. The molecule has 1 amide bonds. The van der Waals surface area contributed by atoms with E-state index < -0.39 is 10.8 Å². The number of anilines is 1. The molecule has 0 fully saturated rings. The maximum Gasteiger partial charge on any atom is 0.269 e. The number of nitrogens with zero attached hydrogens (tertiary/aromatic N) is 2. The van der Waals surface area contributed by atoms with Crippen LogP contribution in [0.5, 0.6) is 0 Å². The number of non-ortho nitro benzene ring substituents is 1. The monoisotopic (exact) mass is 272 g/mol. The van der Waals surface area contributed by atoms with E-state index in [9.17, 15) is 14.9 Å². The number of nitrogens with two attached hydrogens (primary N) is 1. The van der Waals surface area contributed by atoms with Gasteiger partial charge in [-0.2, -0.15) is 0 Å². The van der Waals surface area contributed by atoms with Gasteiger partial charge in [-0.05, 0) is 17.7 Å². The second-order valence-electron chi connectivity index (χ2n) is 4.04. The molecule has 0 aliphatic rings. The number of aromatic nitrogens is 1. The third kappa shape index (κ3) is 3.08. The highest BCUT2D eigenvalue weighted by molar-refractivity contribution is 5.97. The summed E-state index contributed by atoms with van der Waals surface area (Å²) in [6.07, 6.45) is 1.53. The number of carbonyl (C=O) groups is 1. The zero-order chi connectivity index (χ0) is 14.5. The third-order valence-corrected chi connectivity index (χ3v) is 2.65. The summed E-state index contributed by atoms with van der Waals surface area (Å²) in [5, 5.41) is 13.6. The van der Waals surface area contributed by atoms with Crippen molar-refractivity contribution >= 4 is 17.4 Å². The van der Waals surface area contributed by atoms with Crippen LogP contribution in [0.4, 0.5) is 11.5 Å². The van der Waals surface area contributed by atoms with Crippen LogP contribution in [-0.4, -0.2) is 15.8 Å². The summed E-state index contributed by atoms with van der Waals surface area (Å²) in [6, 6.07) is 9.39. The molecular weight excluding hydrogens is 260 g/mol. The highest BCUT2D eigenvalue weighted by atomic mass is 16.6. The summed E-state index contributed by atoms with van der Waals surface area (Å²) in [7, 11) is 0. The predicted octanol–water partition coefficient (Wildman–Crippen LogP) is 1.70. The van der Waals surface area contributed by atoms with Crippen LogP contribution in [0.2, 0.25) is 0 Å². The van der Waals surface area contributed by atoms with Gasteiger partial charge < -0.3 is 11.1 Å². The van der Waals surface area contributed by atoms with Gasteiger partial charge in [0.15, 0.2) is 0 Å². The lowest BCUT2D eigenvalue weighted by molar-refractivity contribution is -0.384. The Morgan fingerprint density at radius 3 is 2.85 bits per heavy atom. The van der Waals surface area contributed by atoms with E-state index in [1.54, 1.807) is 24.3 Å². The average molecular weight is 272 g/mol. The molecule has 3 N–H and O–H groups in total. The molecule has 0 saturated carbocycles. The van der Waals surface area contributed by atoms with Crippen molar-refractivity contribution in [3.8, 4) is 0 Å². The number of benzene rings is 1. The number of nitrogens with one attached hydrogen (secondary N) is 1. The van der Waals surface area contributed by atoms with E-state index in [-0.39, 0.29) is 11.3 Å². The number of hydrogen-bond donors (Lipinski definition) is 2. The fourth-order valence-corrected chi connectivity index (χ4v) is 1.71. The van der Waals surface area contributed by atoms with Crippen molar-refractivity contribution in [1.29, 1.82) is 0 Å². The van der Waals surface area contributed by atoms with Crippen molar-refractivity contribution in [2.24, 2.45) is 5.73 Å². The molecule has 1 heterocycles. The van der Waals surface area contributed by atoms with Crippen molar-refractivity contribution in [2.75, 3.05) is 5.32 Å². The van der Waals surface area contributed by atoms with Crippen molar-refractivity contribution in [3.05, 3.63) is 63.8 Å². The Morgan fingerprint density at radius 1 is 1.35 bits per heavy atom. The van der Waals surface area contributed by atoms with E-state index in [0.717, 1.165) is 0 Å². The lowest BCUT2D eigenvalue weighted by atomic mass is 10.2. The van der Waals surface area contributed by atoms with Gasteiger partial charge in [0, 0.05) is 24.9 Å². The van der Waals surface area contributed by atoms with Crippen LogP contribution in [0.25, 0.3) is 0 Å². The fourth-order valence-electron chi connectivity index (χ4n) is 1.71. The van der Waals surface area contributed by atoms with Crippen LogP contribution in [0.15, 0.2) is 42.6 Å². The Labute approximate surface area is 114 Å². The highest BCUT2D eigenvalue weighted by Gasteiger charge is 2.09. The molecule has 0 saturated heterocycles. The number of pyridine rings is 1. The Morgan fingerprint density at radius 2 is 2.15 bits per heavy atom. The molecule has 2 rings (SSSR count). The van der Waals surface area contributed by atoms with Crippen LogP contribution in [-0.2, 0) is 6.54 Å². The standard InChI is InChI=1S/C13H12N4O3/c14-12(18)11-5-2-6-15-13(11)16-8-9-3-1-4-10(7-9)17(19)20/h1-7H,8H2,(H2,14,18)(H,15,16). The molecule has 0 radical (unpaired) electrons. The summed E-state index contributed by atoms with van der Waals surface area (Å²) in [5.74, 6) is -0.230. The number of carbonyl (C=O) groups excluding carboxylic acids is 1. The van der Waals surface area contributed by atoms with Gasteiger partial charge >= 0.3 is 0 Å². The molecule has 0 aliphatic carbocycles. The summed E-state index contributed by atoms with van der Waals surface area (Å²) in [5.41, 5.74) is 6.24. The summed E-state index contributed by atoms with van der Waals surface area (Å²) < 4.78 is 0. The topological polar surface area (TPSA) is 111 Å². The maximum atomic E-state index is 11.2. The molecule has 2 aromatic rings. The van der Waals surface area contributed by atoms with Gasteiger partial charge in [0.05, 0.1) is 10.5 Å². The van der Waals surface area contributed by atoms with E-state index in [1.165, 1.54) is 18.3 Å². The van der Waals surface area contributed by atoms with Gasteiger partial charge in [-0.25, -0.2) is 4.98 Å². The van der Waals surface area contributed by atoms with E-state index in [0.29, 0.717) is 17.9 Å². The fraction of sp³-hybridized carbons (Fsp3) is 0.0769. The molecule has 1 aromatic carbocycles. The molecule has 1 aromatic heterocycles. The number of rotatable bonds is 5. The number of hydrogen-bond acceptors (Lipinski definition) is 5. The number of amides is 1. The summed E-state index contributed by atoms with van der Waals surface area (Å²) in [6.45, 7) is 0.305. The minimum Gasteiger partial charge on any atom is -0.365 e. The van der Waals surface area contributed by atoms with Gasteiger partial charge in [-0.15, -0.1) is 0 Å². The van der Waals surface area contributed by atoms with Crippen LogP contribution >= 0.6 is 0 Å². The van der Waals surface area contributed by atoms with Gasteiger partial charge in [0.1, 0.15) is 5.82 Å². The maximum absolute atomic E-state index is 11.2. The lowest BCUT2D eigenvalue weighted by Crippen LogP contribution is -2.15. The molecule has 0 unspecified atom stereocenters. The SMILES string of the molecule is NC(=O)c1cccnc1NCc1cccc([N+](=O)[O-])c1. The first-order valence-corrected chi connectivity index (χ1v) is 5.80. The van der Waals surface area contributed by atoms with Crippen LogP contribution in [0, 0.1) is 10.1 Å². The van der Waals surface area contributed by atoms with E-state index in [4.69, 9.17) is 5.73 Å². The number of nitro groups is 1. The largest absolute Gasteiger partial charge is 0.365 e. The van der Waals surface area contributed by atoms with E-state index in [2.05, 4.69) is 10.3 Å². The van der Waals surface area contributed by atoms with E-state index in [1.807, 2.05) is 0 Å². The molecule has 0 aliphatic heterocycles. The van der Waals surface area contributed by atoms with Crippen LogP contribution in [0.3, 0.4) is 0 Å². The smallest absolute Gasteiger partial charge is 0.269 e. The summed E-state index contributed by atoms with van der Waals surface area (Å²) >= 11 is 0. The lowest BCUT2D eigenvalue weighted by Gasteiger charge is -2.08. The molecule has 0 spiro atoms. The first-order valence-electron chi connectivity index (χ1n) is 5.80. The molecule has 7 heteroatoms. The van der Waals surface area contributed by atoms with Crippen LogP contribution in [0.1, 0.15) is 15.9 Å². The first-order chi connectivity index (χ1) is 9.58. The van der Waals surface area contributed by atoms with Gasteiger partial charge in [0.25, 0.3) is 11.6 Å². The van der Waals surface area contributed by atoms with Gasteiger partial charge in [0.2, 0.25) is 0 Å². The van der Waals surface area contributed by atoms with Crippen LogP contribution < -0.4 is 11.1 Å². The third-order valence-electron chi connectivity index (χ3n) is 2.65. The Bertz CT molecular complexity index is 658. The van der Waals surface area contributed by atoms with Gasteiger partial charge in [-0.3, -0.25) is 14.9 Å². The summed E-state index contributed by atoms with van der Waals surface area (Å²) in [4.78, 5) is 25.5. The Hall–Kier alpha value is -2.96. The van der Waals surface area contributed by atoms with Gasteiger partial charge in [-0.1, -0.05) is 12.1 Å². The van der Waals surface area contributed by atoms with Crippen molar-refractivity contribution in [3.63, 3.8) is 0 Å². The zero-order valence-corrected chi connectivity index (χ0v) is 10.4. The molecular formula is C13H12N4O3. The molecule has 7 nitrogen and oxygen atoms in total. The first kappa shape index (κ1) is 13.5. The molecule has 0 bridgehead atoms.